The summed E-state index contributed by atoms with van der Waals surface area (Å²) in [6.45, 7) is 21.9. The van der Waals surface area contributed by atoms with Crippen molar-refractivity contribution in [2.75, 3.05) is 40.3 Å². The number of anilines is 3. The van der Waals surface area contributed by atoms with Crippen LogP contribution in [0.25, 0.3) is 11.1 Å². The van der Waals surface area contributed by atoms with Gasteiger partial charge in [0.2, 0.25) is 11.1 Å². The summed E-state index contributed by atoms with van der Waals surface area (Å²) in [6, 6.07) is 28.0. The molecule has 326 valence electrons. The summed E-state index contributed by atoms with van der Waals surface area (Å²) >= 11 is 3.18. The maximum Gasteiger partial charge on any atom is 0.411 e. The summed E-state index contributed by atoms with van der Waals surface area (Å²) in [4.78, 5) is 46.2. The Labute approximate surface area is 373 Å². The fraction of sp³-hybridized carbons (Fsp3) is 0.400. The molecule has 4 aromatic rings. The number of aliphatic hydroxyl groups excluding tert-OH is 1. The van der Waals surface area contributed by atoms with E-state index in [-0.39, 0.29) is 65.1 Å². The van der Waals surface area contributed by atoms with E-state index >= 15 is 0 Å². The number of hydrogen-bond acceptors (Lipinski definition) is 9. The lowest BCUT2D eigenvalue weighted by Gasteiger charge is -2.34. The first-order chi connectivity index (χ1) is 29.4. The van der Waals surface area contributed by atoms with Crippen LogP contribution >= 0.6 is 23.5 Å². The van der Waals surface area contributed by atoms with Crippen LogP contribution in [-0.2, 0) is 25.1 Å². The number of amides is 2. The van der Waals surface area contributed by atoms with E-state index in [0.717, 1.165) is 32.0 Å². The van der Waals surface area contributed by atoms with Crippen LogP contribution in [0, 0.1) is 0 Å². The molecule has 3 N–H and O–H groups in total. The van der Waals surface area contributed by atoms with E-state index < -0.39 is 18.0 Å². The van der Waals surface area contributed by atoms with Gasteiger partial charge in [0.05, 0.1) is 27.9 Å². The van der Waals surface area contributed by atoms with E-state index in [1.165, 1.54) is 0 Å². The third-order valence-electron chi connectivity index (χ3n) is 12.8. The number of carbonyl (C=O) groups excluding carboxylic acids is 3. The number of ether oxygens (including phenoxy) is 2. The van der Waals surface area contributed by atoms with Gasteiger partial charge in [-0.05, 0) is 103 Å². The number of ketones is 1. The van der Waals surface area contributed by atoms with Gasteiger partial charge in [-0.15, -0.1) is 23.5 Å². The Balaban J connectivity index is 1.29. The van der Waals surface area contributed by atoms with Crippen LogP contribution in [0.15, 0.2) is 100 Å². The van der Waals surface area contributed by atoms with Crippen molar-refractivity contribution in [2.45, 2.75) is 114 Å². The summed E-state index contributed by atoms with van der Waals surface area (Å²) in [5, 5.41) is 19.4. The first-order valence-corrected chi connectivity index (χ1v) is 23.4. The zero-order valence-electron chi connectivity index (χ0n) is 37.4. The van der Waals surface area contributed by atoms with Crippen LogP contribution < -0.4 is 30.7 Å². The number of benzene rings is 4. The van der Waals surface area contributed by atoms with E-state index in [9.17, 15) is 19.5 Å². The first-order valence-electron chi connectivity index (χ1n) is 21.5. The maximum atomic E-state index is 14.8. The molecule has 0 bridgehead atoms. The zero-order chi connectivity index (χ0) is 44.7. The molecule has 1 aliphatic carbocycles. The lowest BCUT2D eigenvalue weighted by Crippen LogP contribution is -2.42. The average Bonchev–Trinajstić information content (AvgIpc) is 3.55. The van der Waals surface area contributed by atoms with Crippen molar-refractivity contribution in [1.29, 1.82) is 0 Å². The quantitative estimate of drug-likeness (QED) is 0.0686. The largest absolute Gasteiger partial charge is 0.506 e. The standard InChI is InChI=1S/C50H58N4O6S2/c1-29(2)53-31(5)49(7,8)37-25-35(39(27-41(37)53)51-47(57)59-21-23-61-33-17-13-11-14-18-33)43-45(55)44(46(43)56)36-26-38-42(54(30(3)4)32(6)50(38,9)10)28-40(36)52-48(58)60-22-24-62-34-19-15-12-16-20-34/h11-20,25-32H,21-24H2,1-10H3,(H2,51,52,55,56,57,58)/p+1. The van der Waals surface area contributed by atoms with Gasteiger partial charge in [0, 0.05) is 66.9 Å². The Kier molecular flexibility index (Phi) is 12.9. The van der Waals surface area contributed by atoms with Crippen molar-refractivity contribution in [3.63, 3.8) is 0 Å². The predicted octanol–water partition coefficient (Wildman–Crippen LogP) is 9.54. The fourth-order valence-corrected chi connectivity index (χ4v) is 10.6. The third kappa shape index (κ3) is 8.48. The summed E-state index contributed by atoms with van der Waals surface area (Å²) in [6.07, 6.45) is -1.32. The van der Waals surface area contributed by atoms with Crippen molar-refractivity contribution < 1.29 is 29.0 Å². The molecule has 2 atom stereocenters. The number of thioether (sulfide) groups is 2. The molecule has 2 unspecified atom stereocenters. The third-order valence-corrected chi connectivity index (χ3v) is 14.8. The number of allylic oxidation sites excluding steroid dienone is 2. The predicted molar refractivity (Wildman–Crippen MR) is 253 cm³/mol. The minimum atomic E-state index is -0.658. The van der Waals surface area contributed by atoms with Crippen LogP contribution in [-0.4, -0.2) is 72.0 Å². The lowest BCUT2D eigenvalue weighted by atomic mass is 9.76. The maximum absolute atomic E-state index is 14.8. The molecule has 2 heterocycles. The molecule has 10 nitrogen and oxygen atoms in total. The monoisotopic (exact) mass is 875 g/mol. The van der Waals surface area contributed by atoms with Gasteiger partial charge in [-0.25, -0.2) is 14.2 Å². The Morgan fingerprint density at radius 3 is 1.82 bits per heavy atom. The van der Waals surface area contributed by atoms with E-state index in [1.807, 2.05) is 84.9 Å². The minimum Gasteiger partial charge on any atom is -0.506 e. The molecule has 2 amide bonds. The molecule has 12 heteroatoms. The lowest BCUT2D eigenvalue weighted by molar-refractivity contribution is -0.109. The van der Waals surface area contributed by atoms with Crippen molar-refractivity contribution >= 4 is 69.7 Å². The van der Waals surface area contributed by atoms with E-state index in [2.05, 4.69) is 89.3 Å². The van der Waals surface area contributed by atoms with Crippen LogP contribution in [0.2, 0.25) is 0 Å². The van der Waals surface area contributed by atoms with Gasteiger partial charge in [0.15, 0.2) is 6.04 Å². The molecule has 0 aromatic heterocycles. The average molecular weight is 876 g/mol. The molecule has 4 aromatic carbocycles. The van der Waals surface area contributed by atoms with Gasteiger partial charge >= 0.3 is 12.2 Å². The van der Waals surface area contributed by atoms with Crippen molar-refractivity contribution in [2.24, 2.45) is 0 Å². The van der Waals surface area contributed by atoms with Crippen molar-refractivity contribution in [3.8, 4) is 0 Å². The van der Waals surface area contributed by atoms with Gasteiger partial charge in [0.25, 0.3) is 0 Å². The van der Waals surface area contributed by atoms with Gasteiger partial charge < -0.3 is 19.5 Å². The van der Waals surface area contributed by atoms with Crippen LogP contribution in [0.1, 0.15) is 85.9 Å². The van der Waals surface area contributed by atoms with Crippen LogP contribution in [0.5, 0.6) is 0 Å². The SMILES string of the molecule is CC(C)N1c2cc(NC(=O)OCCSc3ccccc3)c(C3=C(O)/C(=c4/cc5c(cc4NC(=O)OCCSc4ccccc4)=[N+](C(C)C)C(C)C5(C)C)C3=O)cc2C(C)(C)C1C. The number of Topliss-reactive ketones (excluding diaryl/α,β-unsaturated/α-hetero) is 1. The molecule has 2 aliphatic heterocycles. The molecular formula is C50H59N4O6S2+. The van der Waals surface area contributed by atoms with Gasteiger partial charge in [-0.2, -0.15) is 0 Å². The molecule has 62 heavy (non-hydrogen) atoms. The summed E-state index contributed by atoms with van der Waals surface area (Å²) in [5.41, 5.74) is 3.63. The second kappa shape index (κ2) is 17.9. The topological polar surface area (TPSA) is 120 Å². The Morgan fingerprint density at radius 2 is 1.31 bits per heavy atom. The van der Waals surface area contributed by atoms with Crippen LogP contribution in [0.3, 0.4) is 0 Å². The summed E-state index contributed by atoms with van der Waals surface area (Å²) in [7, 11) is 0. The van der Waals surface area contributed by atoms with Gasteiger partial charge in [0.1, 0.15) is 25.0 Å². The Morgan fingerprint density at radius 1 is 0.758 bits per heavy atom. The summed E-state index contributed by atoms with van der Waals surface area (Å²) in [5.74, 6) is 0.510. The smallest absolute Gasteiger partial charge is 0.411 e. The number of nitrogens with zero attached hydrogens (tertiary/aromatic N) is 2. The molecule has 0 saturated heterocycles. The highest BCUT2D eigenvalue weighted by Crippen LogP contribution is 2.51. The number of rotatable bonds is 13. The molecule has 0 saturated carbocycles. The van der Waals surface area contributed by atoms with E-state index in [1.54, 1.807) is 23.5 Å². The highest BCUT2D eigenvalue weighted by atomic mass is 32.2. The molecule has 0 fully saturated rings. The van der Waals surface area contributed by atoms with Crippen molar-refractivity contribution in [1.82, 2.24) is 4.58 Å². The molecule has 0 spiro atoms. The second-order valence-corrected chi connectivity index (χ2v) is 20.2. The number of hydrogen-bond donors (Lipinski definition) is 3. The zero-order valence-corrected chi connectivity index (χ0v) is 39.1. The van der Waals surface area contributed by atoms with E-state index in [4.69, 9.17) is 9.47 Å². The number of fused-ring (bicyclic) bond motifs is 2. The van der Waals surface area contributed by atoms with Crippen molar-refractivity contribution in [3.05, 3.63) is 118 Å². The fourth-order valence-electron chi connectivity index (χ4n) is 9.09. The normalized spacial score (nSPS) is 19.4. The number of nitrogens with one attached hydrogen (secondary N) is 2. The highest BCUT2D eigenvalue weighted by molar-refractivity contribution is 7.99. The number of aliphatic hydroxyl groups is 1. The van der Waals surface area contributed by atoms with Gasteiger partial charge in [-0.1, -0.05) is 50.2 Å². The minimum absolute atomic E-state index is 0.0904. The van der Waals surface area contributed by atoms with Crippen LogP contribution in [0.4, 0.5) is 26.7 Å². The Hall–Kier alpha value is -5.20. The second-order valence-electron chi connectivity index (χ2n) is 17.9. The summed E-state index contributed by atoms with van der Waals surface area (Å²) < 4.78 is 13.6. The van der Waals surface area contributed by atoms with Gasteiger partial charge in [-0.3, -0.25) is 15.4 Å². The molecule has 3 aliphatic rings. The molecule has 7 rings (SSSR count). The Bertz CT molecular complexity index is 2550. The highest BCUT2D eigenvalue weighted by Gasteiger charge is 2.48. The number of carbonyl (C=O) groups is 3. The van der Waals surface area contributed by atoms with E-state index in [0.29, 0.717) is 33.7 Å². The molecular weight excluding hydrogens is 817 g/mol. The first kappa shape index (κ1) is 44.8. The molecule has 0 radical (unpaired) electrons.